The van der Waals surface area contributed by atoms with E-state index in [0.29, 0.717) is 5.75 Å². The van der Waals surface area contributed by atoms with Gasteiger partial charge in [0.05, 0.1) is 12.7 Å². The van der Waals surface area contributed by atoms with Crippen LogP contribution in [0.15, 0.2) is 42.5 Å². The summed E-state index contributed by atoms with van der Waals surface area (Å²) in [6.07, 6.45) is 0. The van der Waals surface area contributed by atoms with Gasteiger partial charge in [-0.25, -0.2) is 4.79 Å². The number of aromatic hydroxyl groups is 1. The van der Waals surface area contributed by atoms with E-state index in [2.05, 4.69) is 5.32 Å². The summed E-state index contributed by atoms with van der Waals surface area (Å²) in [4.78, 5) is 23.0. The number of carboxylic acids is 1. The predicted molar refractivity (Wildman–Crippen MR) is 79.2 cm³/mol. The standard InChI is InChI=1S/C16H15NO5/c1-22-11-5-2-4-10(8-11)9-17-15(19)12-6-3-7-13(14(12)18)16(20)21/h2-8,18H,9H2,1H3,(H,17,19)(H,20,21). The SMILES string of the molecule is COc1cccc(CNC(=O)c2cccc(C(=O)O)c2O)c1. The molecule has 2 rings (SSSR count). The number of carbonyl (C=O) groups is 2. The van der Waals surface area contributed by atoms with Crippen molar-refractivity contribution >= 4 is 11.9 Å². The van der Waals surface area contributed by atoms with Crippen LogP contribution in [-0.2, 0) is 6.54 Å². The summed E-state index contributed by atoms with van der Waals surface area (Å²) in [6.45, 7) is 0.229. The number of para-hydroxylation sites is 1. The summed E-state index contributed by atoms with van der Waals surface area (Å²) in [7, 11) is 1.55. The molecule has 1 amide bonds. The summed E-state index contributed by atoms with van der Waals surface area (Å²) < 4.78 is 5.09. The van der Waals surface area contributed by atoms with Crippen molar-refractivity contribution < 1.29 is 24.5 Å². The average molecular weight is 301 g/mol. The molecule has 0 aromatic heterocycles. The Hall–Kier alpha value is -3.02. The van der Waals surface area contributed by atoms with Crippen LogP contribution in [0.2, 0.25) is 0 Å². The summed E-state index contributed by atoms with van der Waals surface area (Å²) >= 11 is 0. The highest BCUT2D eigenvalue weighted by atomic mass is 16.5. The number of amides is 1. The van der Waals surface area contributed by atoms with Crippen LogP contribution in [-0.4, -0.2) is 29.2 Å². The Kier molecular flexibility index (Phi) is 4.63. The molecule has 2 aromatic rings. The van der Waals surface area contributed by atoms with Crippen LogP contribution in [0.25, 0.3) is 0 Å². The molecule has 6 nitrogen and oxygen atoms in total. The Morgan fingerprint density at radius 3 is 2.50 bits per heavy atom. The van der Waals surface area contributed by atoms with E-state index in [1.807, 2.05) is 6.07 Å². The molecule has 0 aliphatic heterocycles. The van der Waals surface area contributed by atoms with E-state index < -0.39 is 17.6 Å². The maximum atomic E-state index is 12.1. The number of phenols is 1. The number of carboxylic acid groups (broad SMARTS) is 1. The third-order valence-electron chi connectivity index (χ3n) is 3.10. The molecule has 0 spiro atoms. The quantitative estimate of drug-likeness (QED) is 0.785. The van der Waals surface area contributed by atoms with Gasteiger partial charge in [0.25, 0.3) is 5.91 Å². The summed E-state index contributed by atoms with van der Waals surface area (Å²) in [5.41, 5.74) is 0.429. The predicted octanol–water partition coefficient (Wildman–Crippen LogP) is 2.03. The molecule has 0 aliphatic rings. The molecule has 0 heterocycles. The Balaban J connectivity index is 2.12. The van der Waals surface area contributed by atoms with Gasteiger partial charge in [0.15, 0.2) is 0 Å². The fraction of sp³-hybridized carbons (Fsp3) is 0.125. The number of hydrogen-bond donors (Lipinski definition) is 3. The normalized spacial score (nSPS) is 10.0. The zero-order chi connectivity index (χ0) is 16.1. The number of carbonyl (C=O) groups excluding carboxylic acids is 1. The van der Waals surface area contributed by atoms with Gasteiger partial charge >= 0.3 is 5.97 Å². The lowest BCUT2D eigenvalue weighted by molar-refractivity contribution is 0.0693. The van der Waals surface area contributed by atoms with E-state index in [9.17, 15) is 14.7 Å². The van der Waals surface area contributed by atoms with Crippen LogP contribution in [0.3, 0.4) is 0 Å². The van der Waals surface area contributed by atoms with Gasteiger partial charge in [-0.1, -0.05) is 18.2 Å². The van der Waals surface area contributed by atoms with Gasteiger partial charge in [-0.15, -0.1) is 0 Å². The molecule has 0 saturated carbocycles. The van der Waals surface area contributed by atoms with Crippen LogP contribution in [0.5, 0.6) is 11.5 Å². The molecule has 114 valence electrons. The highest BCUT2D eigenvalue weighted by Gasteiger charge is 2.17. The summed E-state index contributed by atoms with van der Waals surface area (Å²) in [5, 5.41) is 21.4. The Morgan fingerprint density at radius 1 is 1.14 bits per heavy atom. The third-order valence-corrected chi connectivity index (χ3v) is 3.10. The maximum Gasteiger partial charge on any atom is 0.339 e. The number of nitrogens with one attached hydrogen (secondary N) is 1. The first-order valence-electron chi connectivity index (χ1n) is 6.49. The highest BCUT2D eigenvalue weighted by molar-refractivity contribution is 6.01. The number of hydrogen-bond acceptors (Lipinski definition) is 4. The van der Waals surface area contributed by atoms with E-state index in [-0.39, 0.29) is 17.7 Å². The minimum atomic E-state index is -1.29. The minimum Gasteiger partial charge on any atom is -0.506 e. The first-order valence-corrected chi connectivity index (χ1v) is 6.49. The molecule has 0 unspecified atom stereocenters. The molecule has 22 heavy (non-hydrogen) atoms. The molecule has 0 radical (unpaired) electrons. The van der Waals surface area contributed by atoms with Gasteiger partial charge in [-0.05, 0) is 29.8 Å². The lowest BCUT2D eigenvalue weighted by atomic mass is 10.1. The van der Waals surface area contributed by atoms with Gasteiger partial charge in [-0.3, -0.25) is 4.79 Å². The van der Waals surface area contributed by atoms with Crippen LogP contribution in [0, 0.1) is 0 Å². The van der Waals surface area contributed by atoms with Crippen molar-refractivity contribution in [3.05, 3.63) is 59.2 Å². The third kappa shape index (κ3) is 3.35. The van der Waals surface area contributed by atoms with Crippen LogP contribution >= 0.6 is 0 Å². The molecule has 0 aliphatic carbocycles. The van der Waals surface area contributed by atoms with E-state index in [1.165, 1.54) is 18.2 Å². The molecular weight excluding hydrogens is 286 g/mol. The van der Waals surface area contributed by atoms with Gasteiger partial charge in [0, 0.05) is 6.54 Å². The lowest BCUT2D eigenvalue weighted by Crippen LogP contribution is -2.23. The Morgan fingerprint density at radius 2 is 1.82 bits per heavy atom. The van der Waals surface area contributed by atoms with Crippen molar-refractivity contribution in [1.29, 1.82) is 0 Å². The first-order chi connectivity index (χ1) is 10.5. The van der Waals surface area contributed by atoms with Gasteiger partial charge in [-0.2, -0.15) is 0 Å². The van der Waals surface area contributed by atoms with E-state index in [1.54, 1.807) is 25.3 Å². The van der Waals surface area contributed by atoms with Crippen molar-refractivity contribution in [3.63, 3.8) is 0 Å². The van der Waals surface area contributed by atoms with E-state index in [0.717, 1.165) is 5.56 Å². The van der Waals surface area contributed by atoms with Gasteiger partial charge < -0.3 is 20.3 Å². The zero-order valence-electron chi connectivity index (χ0n) is 11.9. The molecule has 0 atom stereocenters. The monoisotopic (exact) mass is 301 g/mol. The van der Waals surface area contributed by atoms with Crippen molar-refractivity contribution in [2.24, 2.45) is 0 Å². The molecule has 3 N–H and O–H groups in total. The van der Waals surface area contributed by atoms with E-state index in [4.69, 9.17) is 9.84 Å². The van der Waals surface area contributed by atoms with Crippen molar-refractivity contribution in [1.82, 2.24) is 5.32 Å². The number of ether oxygens (including phenoxy) is 1. The topological polar surface area (TPSA) is 95.9 Å². The number of rotatable bonds is 5. The lowest BCUT2D eigenvalue weighted by Gasteiger charge is -2.09. The van der Waals surface area contributed by atoms with Gasteiger partial charge in [0.2, 0.25) is 0 Å². The zero-order valence-corrected chi connectivity index (χ0v) is 11.9. The van der Waals surface area contributed by atoms with Gasteiger partial charge in [0.1, 0.15) is 17.1 Å². The maximum absolute atomic E-state index is 12.1. The molecule has 0 fully saturated rings. The number of benzene rings is 2. The van der Waals surface area contributed by atoms with E-state index >= 15 is 0 Å². The van der Waals surface area contributed by atoms with Crippen molar-refractivity contribution in [2.45, 2.75) is 6.54 Å². The highest BCUT2D eigenvalue weighted by Crippen LogP contribution is 2.22. The first kappa shape index (κ1) is 15.4. The molecule has 0 saturated heterocycles. The molecular formula is C16H15NO5. The van der Waals surface area contributed by atoms with Crippen LogP contribution < -0.4 is 10.1 Å². The number of methoxy groups -OCH3 is 1. The summed E-state index contributed by atoms with van der Waals surface area (Å²) in [6, 6.07) is 11.2. The molecule has 0 bridgehead atoms. The van der Waals surface area contributed by atoms with Crippen molar-refractivity contribution in [3.8, 4) is 11.5 Å². The molecule has 2 aromatic carbocycles. The molecule has 6 heteroatoms. The van der Waals surface area contributed by atoms with Crippen LogP contribution in [0.4, 0.5) is 0 Å². The number of aromatic carboxylic acids is 1. The smallest absolute Gasteiger partial charge is 0.339 e. The Labute approximate surface area is 127 Å². The van der Waals surface area contributed by atoms with Crippen molar-refractivity contribution in [2.75, 3.05) is 7.11 Å². The fourth-order valence-electron chi connectivity index (χ4n) is 1.96. The average Bonchev–Trinajstić information content (AvgIpc) is 2.52. The Bertz CT molecular complexity index is 711. The summed E-state index contributed by atoms with van der Waals surface area (Å²) in [5.74, 6) is -1.72. The largest absolute Gasteiger partial charge is 0.506 e. The van der Waals surface area contributed by atoms with Crippen LogP contribution in [0.1, 0.15) is 26.3 Å². The second-order valence-corrected chi connectivity index (χ2v) is 4.54. The second-order valence-electron chi connectivity index (χ2n) is 4.54. The second kappa shape index (κ2) is 6.62. The minimum absolute atomic E-state index is 0.0807. The fourth-order valence-corrected chi connectivity index (χ4v) is 1.96.